The molecule has 0 atom stereocenters. The number of hydrogen-bond donors (Lipinski definition) is 0. The zero-order valence-electron chi connectivity index (χ0n) is 11.6. The van der Waals surface area contributed by atoms with Crippen LogP contribution in [0.3, 0.4) is 0 Å². The van der Waals surface area contributed by atoms with E-state index in [1.54, 1.807) is 24.1 Å². The van der Waals surface area contributed by atoms with Crippen molar-refractivity contribution in [3.63, 3.8) is 0 Å². The molecule has 0 N–H and O–H groups in total. The molecule has 0 saturated carbocycles. The summed E-state index contributed by atoms with van der Waals surface area (Å²) in [6.45, 7) is 0.592. The van der Waals surface area contributed by atoms with Gasteiger partial charge in [0.2, 0.25) is 0 Å². The smallest absolute Gasteiger partial charge is 0.283 e. The lowest BCUT2D eigenvalue weighted by Crippen LogP contribution is -2.31. The Morgan fingerprint density at radius 1 is 1.41 bits per heavy atom. The maximum Gasteiger partial charge on any atom is 0.288 e. The second kappa shape index (κ2) is 6.87. The van der Waals surface area contributed by atoms with Gasteiger partial charge in [0.05, 0.1) is 22.8 Å². The molecule has 22 heavy (non-hydrogen) atoms. The van der Waals surface area contributed by atoms with Crippen molar-refractivity contribution in [2.75, 3.05) is 7.05 Å². The summed E-state index contributed by atoms with van der Waals surface area (Å²) in [5.41, 5.74) is 0.292. The monoisotopic (exact) mass is 342 g/mol. The number of nitrogens with zero attached hydrogens (tertiary/aromatic N) is 4. The van der Waals surface area contributed by atoms with E-state index in [9.17, 15) is 14.9 Å². The molecule has 0 saturated heterocycles. The standard InChI is InChI=1S/C13H12Cl2N4O3/c1-17(7-9-3-2-4-10(5-9)19(21)22)8-18-13(20)12(15)11(14)6-16-18/h2-6H,7-8H2,1H3. The van der Waals surface area contributed by atoms with E-state index in [4.69, 9.17) is 23.2 Å². The highest BCUT2D eigenvalue weighted by Gasteiger charge is 2.11. The van der Waals surface area contributed by atoms with E-state index in [0.717, 1.165) is 5.56 Å². The summed E-state index contributed by atoms with van der Waals surface area (Å²) >= 11 is 11.5. The molecule has 7 nitrogen and oxygen atoms in total. The average Bonchev–Trinajstić information content (AvgIpc) is 2.48. The number of aromatic nitrogens is 2. The van der Waals surface area contributed by atoms with Crippen molar-refractivity contribution in [3.05, 3.63) is 66.5 Å². The lowest BCUT2D eigenvalue weighted by Gasteiger charge is -2.17. The van der Waals surface area contributed by atoms with Crippen LogP contribution in [-0.2, 0) is 13.2 Å². The van der Waals surface area contributed by atoms with E-state index in [1.807, 2.05) is 0 Å². The van der Waals surface area contributed by atoms with Crippen LogP contribution in [0.25, 0.3) is 0 Å². The van der Waals surface area contributed by atoms with Crippen molar-refractivity contribution >= 4 is 28.9 Å². The maximum absolute atomic E-state index is 11.9. The molecule has 0 bridgehead atoms. The summed E-state index contributed by atoms with van der Waals surface area (Å²) in [5.74, 6) is 0. The van der Waals surface area contributed by atoms with Crippen molar-refractivity contribution < 1.29 is 4.92 Å². The maximum atomic E-state index is 11.9. The fourth-order valence-electron chi connectivity index (χ4n) is 1.90. The molecule has 0 aliphatic heterocycles. The minimum Gasteiger partial charge on any atom is -0.283 e. The topological polar surface area (TPSA) is 81.3 Å². The third kappa shape index (κ3) is 3.82. The number of nitro groups is 1. The van der Waals surface area contributed by atoms with Gasteiger partial charge in [-0.1, -0.05) is 35.3 Å². The van der Waals surface area contributed by atoms with Gasteiger partial charge in [0.15, 0.2) is 0 Å². The molecule has 0 amide bonds. The van der Waals surface area contributed by atoms with Crippen LogP contribution in [0.4, 0.5) is 5.69 Å². The highest BCUT2D eigenvalue weighted by atomic mass is 35.5. The molecule has 0 fully saturated rings. The molecule has 0 spiro atoms. The Hall–Kier alpha value is -1.96. The fraction of sp³-hybridized carbons (Fsp3) is 0.231. The van der Waals surface area contributed by atoms with E-state index in [0.29, 0.717) is 6.54 Å². The van der Waals surface area contributed by atoms with Gasteiger partial charge in [0.1, 0.15) is 5.02 Å². The SMILES string of the molecule is CN(Cc1cccc([N+](=O)[O-])c1)Cn1ncc(Cl)c(Cl)c1=O. The molecule has 0 aliphatic carbocycles. The van der Waals surface area contributed by atoms with Gasteiger partial charge < -0.3 is 0 Å². The summed E-state index contributed by atoms with van der Waals surface area (Å²) in [6, 6.07) is 6.30. The van der Waals surface area contributed by atoms with Crippen molar-refractivity contribution in [1.82, 2.24) is 14.7 Å². The second-order valence-corrected chi connectivity index (χ2v) is 5.48. The van der Waals surface area contributed by atoms with Crippen LogP contribution in [0, 0.1) is 10.1 Å². The molecule has 1 aromatic heterocycles. The minimum atomic E-state index is -0.486. The summed E-state index contributed by atoms with van der Waals surface area (Å²) < 4.78 is 1.17. The van der Waals surface area contributed by atoms with Crippen molar-refractivity contribution in [3.8, 4) is 0 Å². The summed E-state index contributed by atoms with van der Waals surface area (Å²) in [7, 11) is 1.76. The third-order valence-electron chi connectivity index (χ3n) is 2.89. The molecule has 116 valence electrons. The zero-order chi connectivity index (χ0) is 16.3. The van der Waals surface area contributed by atoms with E-state index in [-0.39, 0.29) is 22.4 Å². The number of non-ortho nitro benzene ring substituents is 1. The fourth-order valence-corrected chi connectivity index (χ4v) is 2.18. The first-order chi connectivity index (χ1) is 10.4. The first-order valence-electron chi connectivity index (χ1n) is 6.21. The van der Waals surface area contributed by atoms with Crippen LogP contribution >= 0.6 is 23.2 Å². The Bertz CT molecular complexity index is 763. The van der Waals surface area contributed by atoms with Crippen molar-refractivity contribution in [2.24, 2.45) is 0 Å². The van der Waals surface area contributed by atoms with Crippen LogP contribution in [0.1, 0.15) is 5.56 Å². The molecule has 0 unspecified atom stereocenters. The summed E-state index contributed by atoms with van der Waals surface area (Å²) in [6.07, 6.45) is 1.30. The number of halogens is 2. The molecule has 2 aromatic rings. The molecular formula is C13H12Cl2N4O3. The first kappa shape index (κ1) is 16.4. The molecule has 2 rings (SSSR count). The van der Waals surface area contributed by atoms with E-state index in [1.165, 1.54) is 23.0 Å². The van der Waals surface area contributed by atoms with Gasteiger partial charge >= 0.3 is 0 Å². The van der Waals surface area contributed by atoms with Gasteiger partial charge in [-0.2, -0.15) is 5.10 Å². The average molecular weight is 343 g/mol. The van der Waals surface area contributed by atoms with Gasteiger partial charge in [-0.05, 0) is 12.6 Å². The predicted molar refractivity (Wildman–Crippen MR) is 83.1 cm³/mol. The van der Waals surface area contributed by atoms with Crippen LogP contribution in [0.2, 0.25) is 10.0 Å². The van der Waals surface area contributed by atoms with E-state index < -0.39 is 10.5 Å². The molecule has 0 aliphatic rings. The van der Waals surface area contributed by atoms with E-state index >= 15 is 0 Å². The third-order valence-corrected chi connectivity index (χ3v) is 3.64. The lowest BCUT2D eigenvalue weighted by atomic mass is 10.2. The largest absolute Gasteiger partial charge is 0.288 e. The molecule has 1 heterocycles. The highest BCUT2D eigenvalue weighted by molar-refractivity contribution is 6.41. The minimum absolute atomic E-state index is 0.0238. The van der Waals surface area contributed by atoms with Gasteiger partial charge in [0, 0.05) is 18.7 Å². The number of hydrogen-bond acceptors (Lipinski definition) is 5. The van der Waals surface area contributed by atoms with Crippen LogP contribution in [-0.4, -0.2) is 26.7 Å². The predicted octanol–water partition coefficient (Wildman–Crippen LogP) is 2.55. The lowest BCUT2D eigenvalue weighted by molar-refractivity contribution is -0.384. The Labute approximate surface area is 135 Å². The quantitative estimate of drug-likeness (QED) is 0.616. The van der Waals surface area contributed by atoms with E-state index in [2.05, 4.69) is 5.10 Å². The number of nitro benzene ring substituents is 1. The molecule has 0 radical (unpaired) electrons. The van der Waals surface area contributed by atoms with Gasteiger partial charge in [-0.15, -0.1) is 0 Å². The first-order valence-corrected chi connectivity index (χ1v) is 6.97. The Balaban J connectivity index is 2.12. The van der Waals surface area contributed by atoms with Gasteiger partial charge in [-0.3, -0.25) is 19.8 Å². The van der Waals surface area contributed by atoms with Crippen LogP contribution in [0.15, 0.2) is 35.3 Å². The van der Waals surface area contributed by atoms with Gasteiger partial charge in [-0.25, -0.2) is 4.68 Å². The Morgan fingerprint density at radius 3 is 2.82 bits per heavy atom. The number of benzene rings is 1. The summed E-state index contributed by atoms with van der Waals surface area (Å²) in [5, 5.41) is 14.7. The molecule has 1 aromatic carbocycles. The van der Waals surface area contributed by atoms with Crippen molar-refractivity contribution in [2.45, 2.75) is 13.2 Å². The Morgan fingerprint density at radius 2 is 2.14 bits per heavy atom. The Kier molecular flexibility index (Phi) is 5.12. The number of rotatable bonds is 5. The van der Waals surface area contributed by atoms with Crippen LogP contribution < -0.4 is 5.56 Å². The van der Waals surface area contributed by atoms with Gasteiger partial charge in [0.25, 0.3) is 11.2 Å². The highest BCUT2D eigenvalue weighted by Crippen LogP contribution is 2.16. The normalized spacial score (nSPS) is 10.9. The molecular weight excluding hydrogens is 331 g/mol. The summed E-state index contributed by atoms with van der Waals surface area (Å²) in [4.78, 5) is 24.0. The van der Waals surface area contributed by atoms with Crippen LogP contribution in [0.5, 0.6) is 0 Å². The molecule has 9 heteroatoms. The van der Waals surface area contributed by atoms with Crippen molar-refractivity contribution in [1.29, 1.82) is 0 Å². The second-order valence-electron chi connectivity index (χ2n) is 4.69. The zero-order valence-corrected chi connectivity index (χ0v) is 13.1.